The van der Waals surface area contributed by atoms with Gasteiger partial charge in [-0.15, -0.1) is 0 Å². The molecular weight excluding hydrogens is 481 g/mol. The first-order chi connectivity index (χ1) is 17.1. The number of aliphatic carboxylic acids is 1. The Bertz CT molecular complexity index is 1130. The molecular formula is C24H23F3N4O5. The van der Waals surface area contributed by atoms with Crippen molar-refractivity contribution < 1.29 is 37.7 Å². The van der Waals surface area contributed by atoms with E-state index in [1.165, 1.54) is 36.4 Å². The topological polar surface area (TPSA) is 147 Å². The van der Waals surface area contributed by atoms with Gasteiger partial charge in [0.05, 0.1) is 53.5 Å². The number of morpholine rings is 1. The van der Waals surface area contributed by atoms with E-state index >= 15 is 0 Å². The summed E-state index contributed by atoms with van der Waals surface area (Å²) >= 11 is 0. The maximum absolute atomic E-state index is 13.0. The molecule has 2 saturated heterocycles. The molecule has 9 nitrogen and oxygen atoms in total. The quantitative estimate of drug-likeness (QED) is 0.574. The number of ether oxygens (including phenoxy) is 1. The number of nitrogens with one attached hydrogen (secondary N) is 1. The largest absolute Gasteiger partial charge is 0.481 e. The molecule has 0 bridgehead atoms. The smallest absolute Gasteiger partial charge is 0.418 e. The lowest BCUT2D eigenvalue weighted by Crippen LogP contribution is -2.46. The predicted octanol–water partition coefficient (Wildman–Crippen LogP) is 2.96. The van der Waals surface area contributed by atoms with E-state index in [-0.39, 0.29) is 22.7 Å². The Morgan fingerprint density at radius 1 is 0.972 bits per heavy atom. The zero-order chi connectivity index (χ0) is 26.7. The van der Waals surface area contributed by atoms with Gasteiger partial charge >= 0.3 is 18.1 Å². The van der Waals surface area contributed by atoms with Crippen LogP contribution in [0.2, 0.25) is 0 Å². The SMILES string of the molecule is N#Cc1ccc(C(=O)O)cc1.N#Cc1ccc(N2CCOCC2)c(C(F)(F)F)c1.O=C(O)C1CNC1. The number of aromatic carboxylic acids is 1. The van der Waals surface area contributed by atoms with Gasteiger partial charge in [-0.3, -0.25) is 4.79 Å². The average Bonchev–Trinajstić information content (AvgIpc) is 2.83. The van der Waals surface area contributed by atoms with Crippen LogP contribution in [0.1, 0.15) is 27.0 Å². The maximum Gasteiger partial charge on any atom is 0.418 e. The molecule has 2 fully saturated rings. The van der Waals surface area contributed by atoms with Crippen molar-refractivity contribution in [3.63, 3.8) is 0 Å². The molecule has 0 aromatic heterocycles. The lowest BCUT2D eigenvalue weighted by Gasteiger charge is -2.31. The number of halogens is 3. The van der Waals surface area contributed by atoms with Gasteiger partial charge in [-0.05, 0) is 42.5 Å². The molecule has 2 aromatic rings. The minimum atomic E-state index is -4.46. The highest BCUT2D eigenvalue weighted by molar-refractivity contribution is 5.87. The number of carbonyl (C=O) groups is 2. The molecule has 0 saturated carbocycles. The summed E-state index contributed by atoms with van der Waals surface area (Å²) in [7, 11) is 0. The van der Waals surface area contributed by atoms with Crippen LogP contribution in [0.3, 0.4) is 0 Å². The molecule has 0 aliphatic carbocycles. The number of hydrogen-bond donors (Lipinski definition) is 3. The molecule has 2 aliphatic heterocycles. The van der Waals surface area contributed by atoms with Crippen LogP contribution in [0.4, 0.5) is 18.9 Å². The van der Waals surface area contributed by atoms with Crippen LogP contribution in [0.25, 0.3) is 0 Å². The normalized spacial score (nSPS) is 15.0. The van der Waals surface area contributed by atoms with E-state index in [1.807, 2.05) is 6.07 Å². The molecule has 12 heteroatoms. The third-order valence-corrected chi connectivity index (χ3v) is 5.17. The summed E-state index contributed by atoms with van der Waals surface area (Å²) in [5.41, 5.74) is 0.0339. The summed E-state index contributed by atoms with van der Waals surface area (Å²) in [5.74, 6) is -1.77. The summed E-state index contributed by atoms with van der Waals surface area (Å²) in [4.78, 5) is 21.9. The van der Waals surface area contributed by atoms with E-state index in [4.69, 9.17) is 25.5 Å². The highest BCUT2D eigenvalue weighted by atomic mass is 19.4. The Morgan fingerprint density at radius 2 is 1.53 bits per heavy atom. The van der Waals surface area contributed by atoms with E-state index in [0.717, 1.165) is 6.07 Å². The lowest BCUT2D eigenvalue weighted by molar-refractivity contribution is -0.143. The van der Waals surface area contributed by atoms with Crippen LogP contribution in [0, 0.1) is 28.6 Å². The fourth-order valence-electron chi connectivity index (χ4n) is 3.06. The molecule has 0 atom stereocenters. The fourth-order valence-corrected chi connectivity index (χ4v) is 3.06. The highest BCUT2D eigenvalue weighted by Crippen LogP contribution is 2.37. The van der Waals surface area contributed by atoms with Gasteiger partial charge in [0.2, 0.25) is 0 Å². The molecule has 2 heterocycles. The van der Waals surface area contributed by atoms with Crippen LogP contribution in [0.5, 0.6) is 0 Å². The van der Waals surface area contributed by atoms with Gasteiger partial charge in [0.15, 0.2) is 0 Å². The van der Waals surface area contributed by atoms with Crippen molar-refractivity contribution in [1.29, 1.82) is 10.5 Å². The van der Waals surface area contributed by atoms with Gasteiger partial charge in [0.25, 0.3) is 0 Å². The number of carboxylic acids is 2. The standard InChI is InChI=1S/C12H11F3N2O.C8H5NO2.C4H7NO2/c13-12(14,15)10-7-9(8-16)1-2-11(10)17-3-5-18-6-4-17;9-5-6-1-3-7(4-2-6)8(10)11;6-4(7)3-1-5-2-3/h1-2,7H,3-6H2;1-4H,(H,10,11);3,5H,1-2H2,(H,6,7). The summed E-state index contributed by atoms with van der Waals surface area (Å²) in [6, 6.07) is 13.0. The second kappa shape index (κ2) is 13.1. The van der Waals surface area contributed by atoms with Crippen molar-refractivity contribution in [3.05, 3.63) is 64.7 Å². The van der Waals surface area contributed by atoms with Crippen molar-refractivity contribution in [2.75, 3.05) is 44.3 Å². The van der Waals surface area contributed by atoms with Crippen molar-refractivity contribution >= 4 is 17.6 Å². The van der Waals surface area contributed by atoms with Gasteiger partial charge in [0, 0.05) is 31.9 Å². The van der Waals surface area contributed by atoms with Crippen molar-refractivity contribution in [1.82, 2.24) is 5.32 Å². The molecule has 0 unspecified atom stereocenters. The van der Waals surface area contributed by atoms with Crippen LogP contribution < -0.4 is 10.2 Å². The molecule has 2 aliphatic rings. The summed E-state index contributed by atoms with van der Waals surface area (Å²) in [6.07, 6.45) is -4.46. The summed E-state index contributed by atoms with van der Waals surface area (Å²) in [5, 5.41) is 36.6. The first kappa shape index (κ1) is 28.1. The van der Waals surface area contributed by atoms with Crippen LogP contribution in [0.15, 0.2) is 42.5 Å². The van der Waals surface area contributed by atoms with Crippen LogP contribution in [-0.2, 0) is 15.7 Å². The third kappa shape index (κ3) is 8.27. The van der Waals surface area contributed by atoms with Gasteiger partial charge in [0.1, 0.15) is 0 Å². The molecule has 3 N–H and O–H groups in total. The molecule has 4 rings (SSSR count). The predicted molar refractivity (Wildman–Crippen MR) is 121 cm³/mol. The first-order valence-electron chi connectivity index (χ1n) is 10.7. The summed E-state index contributed by atoms with van der Waals surface area (Å²) < 4.78 is 44.0. The molecule has 0 radical (unpaired) electrons. The van der Waals surface area contributed by atoms with Gasteiger partial charge < -0.3 is 25.2 Å². The Kier molecular flexibility index (Phi) is 10.2. The van der Waals surface area contributed by atoms with Crippen LogP contribution in [-0.4, -0.2) is 61.5 Å². The Balaban J connectivity index is 0.000000214. The first-order valence-corrected chi connectivity index (χ1v) is 10.7. The number of alkyl halides is 3. The van der Waals surface area contributed by atoms with Gasteiger partial charge in [-0.25, -0.2) is 4.79 Å². The summed E-state index contributed by atoms with van der Waals surface area (Å²) in [6.45, 7) is 2.98. The average molecular weight is 504 g/mol. The van der Waals surface area contributed by atoms with Gasteiger partial charge in [-0.1, -0.05) is 0 Å². The number of hydrogen-bond acceptors (Lipinski definition) is 7. The maximum atomic E-state index is 13.0. The molecule has 36 heavy (non-hydrogen) atoms. The van der Waals surface area contributed by atoms with Crippen LogP contribution >= 0.6 is 0 Å². The zero-order valence-corrected chi connectivity index (χ0v) is 19.0. The number of carboxylic acid groups (broad SMARTS) is 2. The molecule has 190 valence electrons. The Morgan fingerprint density at radius 3 is 1.92 bits per heavy atom. The number of rotatable bonds is 3. The van der Waals surface area contributed by atoms with E-state index in [2.05, 4.69) is 5.32 Å². The second-order valence-electron chi connectivity index (χ2n) is 7.63. The molecule has 0 spiro atoms. The van der Waals surface area contributed by atoms with E-state index in [1.54, 1.807) is 11.0 Å². The number of nitriles is 2. The number of nitrogens with zero attached hydrogens (tertiary/aromatic N) is 3. The zero-order valence-electron chi connectivity index (χ0n) is 19.0. The number of benzene rings is 2. The van der Waals surface area contributed by atoms with E-state index < -0.39 is 23.7 Å². The monoisotopic (exact) mass is 504 g/mol. The van der Waals surface area contributed by atoms with E-state index in [0.29, 0.717) is 45.0 Å². The van der Waals surface area contributed by atoms with Crippen molar-refractivity contribution in [2.24, 2.45) is 5.92 Å². The Labute approximate surface area is 204 Å². The minimum absolute atomic E-state index is 0.0133. The lowest BCUT2D eigenvalue weighted by atomic mass is 10.1. The fraction of sp³-hybridized carbons (Fsp3) is 0.333. The van der Waals surface area contributed by atoms with Crippen molar-refractivity contribution in [2.45, 2.75) is 6.18 Å². The Hall–Kier alpha value is -4.13. The van der Waals surface area contributed by atoms with E-state index in [9.17, 15) is 22.8 Å². The van der Waals surface area contributed by atoms with Gasteiger partial charge in [-0.2, -0.15) is 23.7 Å². The molecule has 0 amide bonds. The minimum Gasteiger partial charge on any atom is -0.481 e. The number of anilines is 1. The highest BCUT2D eigenvalue weighted by Gasteiger charge is 2.35. The second-order valence-corrected chi connectivity index (χ2v) is 7.63. The molecule has 2 aromatic carbocycles. The third-order valence-electron chi connectivity index (χ3n) is 5.17. The van der Waals surface area contributed by atoms with Crippen molar-refractivity contribution in [3.8, 4) is 12.1 Å².